The van der Waals surface area contributed by atoms with Crippen LogP contribution in [0.3, 0.4) is 0 Å². The van der Waals surface area contributed by atoms with Crippen molar-refractivity contribution in [2.45, 2.75) is 32.1 Å². The van der Waals surface area contributed by atoms with E-state index in [2.05, 4.69) is 72.8 Å². The van der Waals surface area contributed by atoms with Crippen molar-refractivity contribution in [2.24, 2.45) is 5.92 Å². The number of aliphatic hydroxyl groups is 1. The van der Waals surface area contributed by atoms with Gasteiger partial charge in [0.15, 0.2) is 0 Å². The first-order valence-corrected chi connectivity index (χ1v) is 18.4. The molecule has 0 aliphatic carbocycles. The average Bonchev–Trinajstić information content (AvgIpc) is 3.09. The van der Waals surface area contributed by atoms with Gasteiger partial charge in [-0.15, -0.1) is 0 Å². The summed E-state index contributed by atoms with van der Waals surface area (Å²) in [7, 11) is 5.43. The molecule has 4 aromatic carbocycles. The fraction of sp³-hybridized carbons (Fsp3) is 0.351. The van der Waals surface area contributed by atoms with Crippen molar-refractivity contribution in [3.05, 3.63) is 97.1 Å². The van der Waals surface area contributed by atoms with Gasteiger partial charge >= 0.3 is 0 Å². The summed E-state index contributed by atoms with van der Waals surface area (Å²) in [5.74, 6) is 4.09. The Kier molecular flexibility index (Phi) is 13.8. The Bertz CT molecular complexity index is 1230. The van der Waals surface area contributed by atoms with E-state index < -0.39 is 15.8 Å². The molecule has 0 radical (unpaired) electrons. The summed E-state index contributed by atoms with van der Waals surface area (Å²) >= 11 is 0. The van der Waals surface area contributed by atoms with Crippen LogP contribution in [0.4, 0.5) is 0 Å². The molecule has 0 bridgehead atoms. The topological polar surface area (TPSA) is 57.2 Å². The molecule has 0 spiro atoms. The summed E-state index contributed by atoms with van der Waals surface area (Å²) in [6.07, 6.45) is 7.22. The molecule has 0 unspecified atom stereocenters. The lowest BCUT2D eigenvalue weighted by Crippen LogP contribution is -2.26. The molecule has 0 atom stereocenters. The largest absolute Gasteiger partial charge is 0.496 e. The molecule has 7 heteroatoms. The highest BCUT2D eigenvalue weighted by molar-refractivity contribution is 7.74. The maximum absolute atomic E-state index is 9.37. The first-order valence-electron chi connectivity index (χ1n) is 15.3. The first kappa shape index (κ1) is 33.8. The van der Waals surface area contributed by atoms with E-state index in [1.165, 1.54) is 21.2 Å². The third-order valence-corrected chi connectivity index (χ3v) is 13.5. The van der Waals surface area contributed by atoms with E-state index in [1.54, 1.807) is 28.4 Å². The van der Waals surface area contributed by atoms with Gasteiger partial charge in [0.25, 0.3) is 0 Å². The highest BCUT2D eigenvalue weighted by Crippen LogP contribution is 2.48. The van der Waals surface area contributed by atoms with Crippen LogP contribution in [0.25, 0.3) is 0 Å². The van der Waals surface area contributed by atoms with Crippen LogP contribution in [-0.4, -0.2) is 52.5 Å². The predicted molar refractivity (Wildman–Crippen MR) is 188 cm³/mol. The van der Waals surface area contributed by atoms with Gasteiger partial charge < -0.3 is 24.1 Å². The lowest BCUT2D eigenvalue weighted by Gasteiger charge is -2.31. The quantitative estimate of drug-likeness (QED) is 0.0962. The Balaban J connectivity index is 1.80. The minimum Gasteiger partial charge on any atom is -0.496 e. The third kappa shape index (κ3) is 8.75. The average molecular weight is 633 g/mol. The van der Waals surface area contributed by atoms with Crippen LogP contribution in [-0.2, 0) is 0 Å². The molecule has 0 aliphatic heterocycles. The molecule has 0 saturated heterocycles. The molecule has 0 aliphatic rings. The Morgan fingerprint density at radius 3 is 1.11 bits per heavy atom. The standard InChI is InChI=1S/C37H46O5P2/c1-39-30-18-8-12-22-34(30)43(35-23-13-9-19-31(35)40-2)27-29(17-7-5-6-16-26-38)28-44(36-24-14-10-20-32(36)41-3)37-25-15-11-21-33(37)42-4/h8-15,18-25,29,38H,5-7,16-17,26-28H2,1-4H3. The Morgan fingerprint density at radius 2 is 0.795 bits per heavy atom. The summed E-state index contributed by atoms with van der Waals surface area (Å²) in [5, 5.41) is 14.3. The number of methoxy groups -OCH3 is 4. The molecule has 1 N–H and O–H groups in total. The lowest BCUT2D eigenvalue weighted by molar-refractivity contribution is 0.282. The monoisotopic (exact) mass is 632 g/mol. The molecule has 0 aromatic heterocycles. The van der Waals surface area contributed by atoms with Gasteiger partial charge in [0.2, 0.25) is 0 Å². The smallest absolute Gasteiger partial charge is 0.126 e. The zero-order chi connectivity index (χ0) is 31.1. The fourth-order valence-electron chi connectivity index (χ4n) is 5.72. The van der Waals surface area contributed by atoms with Gasteiger partial charge in [-0.05, 0) is 71.2 Å². The van der Waals surface area contributed by atoms with E-state index in [9.17, 15) is 5.11 Å². The minimum atomic E-state index is -0.804. The second-order valence-electron chi connectivity index (χ2n) is 10.7. The van der Waals surface area contributed by atoms with Crippen molar-refractivity contribution in [1.82, 2.24) is 0 Å². The Labute approximate surface area is 266 Å². The molecule has 4 rings (SSSR count). The van der Waals surface area contributed by atoms with Crippen LogP contribution in [0, 0.1) is 5.92 Å². The van der Waals surface area contributed by atoms with Crippen molar-refractivity contribution in [3.63, 3.8) is 0 Å². The van der Waals surface area contributed by atoms with Gasteiger partial charge in [-0.1, -0.05) is 92.1 Å². The summed E-state index contributed by atoms with van der Waals surface area (Å²) in [6, 6.07) is 33.8. The number of rotatable bonds is 18. The molecule has 5 nitrogen and oxygen atoms in total. The summed E-state index contributed by atoms with van der Waals surface area (Å²) < 4.78 is 23.7. The van der Waals surface area contributed by atoms with Gasteiger partial charge in [0.1, 0.15) is 23.0 Å². The van der Waals surface area contributed by atoms with E-state index in [0.717, 1.165) is 67.4 Å². The number of para-hydroxylation sites is 4. The predicted octanol–water partition coefficient (Wildman–Crippen LogP) is 6.85. The van der Waals surface area contributed by atoms with Gasteiger partial charge in [0, 0.05) is 27.8 Å². The van der Waals surface area contributed by atoms with E-state index in [4.69, 9.17) is 18.9 Å². The highest BCUT2D eigenvalue weighted by Gasteiger charge is 2.29. The van der Waals surface area contributed by atoms with Crippen molar-refractivity contribution < 1.29 is 24.1 Å². The molecule has 0 amide bonds. The fourth-order valence-corrected chi connectivity index (χ4v) is 11.7. The number of hydrogen-bond donors (Lipinski definition) is 1. The van der Waals surface area contributed by atoms with Gasteiger partial charge in [-0.25, -0.2) is 0 Å². The van der Waals surface area contributed by atoms with E-state index in [-0.39, 0.29) is 6.61 Å². The SMILES string of the molecule is COc1ccccc1P(CC(CCCCCCO)CP(c1ccccc1OC)c1ccccc1OC)c1ccccc1OC. The van der Waals surface area contributed by atoms with Crippen molar-refractivity contribution >= 4 is 37.1 Å². The molecule has 0 saturated carbocycles. The van der Waals surface area contributed by atoms with Crippen LogP contribution in [0.5, 0.6) is 23.0 Å². The highest BCUT2D eigenvalue weighted by atomic mass is 31.1. The van der Waals surface area contributed by atoms with Crippen molar-refractivity contribution in [3.8, 4) is 23.0 Å². The number of unbranched alkanes of at least 4 members (excludes halogenated alkanes) is 3. The first-order chi connectivity index (χ1) is 21.6. The number of ether oxygens (including phenoxy) is 4. The maximum Gasteiger partial charge on any atom is 0.126 e. The zero-order valence-electron chi connectivity index (χ0n) is 26.4. The number of aliphatic hydroxyl groups excluding tert-OH is 1. The molecular weight excluding hydrogens is 586 g/mol. The van der Waals surface area contributed by atoms with E-state index in [0.29, 0.717) is 5.92 Å². The van der Waals surface area contributed by atoms with Crippen LogP contribution < -0.4 is 40.2 Å². The van der Waals surface area contributed by atoms with E-state index in [1.807, 2.05) is 24.3 Å². The molecular formula is C37H46O5P2. The number of hydrogen-bond acceptors (Lipinski definition) is 5. The molecule has 44 heavy (non-hydrogen) atoms. The maximum atomic E-state index is 9.37. The van der Waals surface area contributed by atoms with Crippen LogP contribution in [0.15, 0.2) is 97.1 Å². The van der Waals surface area contributed by atoms with Crippen LogP contribution >= 0.6 is 15.8 Å². The molecule has 234 valence electrons. The normalized spacial score (nSPS) is 11.3. The van der Waals surface area contributed by atoms with Gasteiger partial charge in [0.05, 0.1) is 28.4 Å². The zero-order valence-corrected chi connectivity index (χ0v) is 28.2. The molecule has 4 aromatic rings. The van der Waals surface area contributed by atoms with Crippen molar-refractivity contribution in [2.75, 3.05) is 47.4 Å². The van der Waals surface area contributed by atoms with E-state index >= 15 is 0 Å². The third-order valence-electron chi connectivity index (χ3n) is 7.91. The van der Waals surface area contributed by atoms with Crippen LogP contribution in [0.1, 0.15) is 32.1 Å². The summed E-state index contributed by atoms with van der Waals surface area (Å²) in [5.41, 5.74) is 0. The Hall–Kier alpha value is -3.10. The second kappa shape index (κ2) is 18.0. The van der Waals surface area contributed by atoms with Crippen molar-refractivity contribution in [1.29, 1.82) is 0 Å². The Morgan fingerprint density at radius 1 is 0.477 bits per heavy atom. The molecule has 0 heterocycles. The number of benzene rings is 4. The minimum absolute atomic E-state index is 0.253. The lowest BCUT2D eigenvalue weighted by atomic mass is 10.0. The summed E-state index contributed by atoms with van der Waals surface area (Å²) in [6.45, 7) is 0.253. The summed E-state index contributed by atoms with van der Waals surface area (Å²) in [4.78, 5) is 0. The molecule has 0 fully saturated rings. The van der Waals surface area contributed by atoms with Crippen LogP contribution in [0.2, 0.25) is 0 Å². The van der Waals surface area contributed by atoms with Gasteiger partial charge in [-0.2, -0.15) is 0 Å². The van der Waals surface area contributed by atoms with Gasteiger partial charge in [-0.3, -0.25) is 0 Å². The second-order valence-corrected chi connectivity index (χ2v) is 15.1.